The molecule has 2 N–H and O–H groups in total. The molecule has 1 saturated carbocycles. The zero-order chi connectivity index (χ0) is 13.0. The Morgan fingerprint density at radius 3 is 2.39 bits per heavy atom. The predicted molar refractivity (Wildman–Crippen MR) is 68.1 cm³/mol. The molecule has 0 amide bonds. The van der Waals surface area contributed by atoms with E-state index in [2.05, 4.69) is 0 Å². The van der Waals surface area contributed by atoms with E-state index in [-0.39, 0.29) is 11.8 Å². The Hall–Kier alpha value is -1.46. The van der Waals surface area contributed by atoms with Crippen molar-refractivity contribution in [2.24, 2.45) is 5.73 Å². The van der Waals surface area contributed by atoms with Crippen molar-refractivity contribution in [2.45, 2.75) is 44.4 Å². The fraction of sp³-hybridized carbons (Fsp3) is 0.538. The van der Waals surface area contributed by atoms with E-state index in [1.807, 2.05) is 0 Å². The van der Waals surface area contributed by atoms with Crippen molar-refractivity contribution in [1.29, 1.82) is 0 Å². The van der Waals surface area contributed by atoms with E-state index < -0.39 is 4.92 Å². The minimum absolute atomic E-state index is 0.113. The topological polar surface area (TPSA) is 78.4 Å². The fourth-order valence-corrected chi connectivity index (χ4v) is 2.18. The number of nitro benzene ring substituents is 1. The third kappa shape index (κ3) is 3.51. The van der Waals surface area contributed by atoms with Gasteiger partial charge in [0.25, 0.3) is 5.69 Å². The summed E-state index contributed by atoms with van der Waals surface area (Å²) in [6, 6.07) is 6.83. The molecule has 98 valence electrons. The summed E-state index contributed by atoms with van der Waals surface area (Å²) < 4.78 is 5.79. The first-order valence-corrected chi connectivity index (χ1v) is 6.25. The minimum Gasteiger partial charge on any atom is -0.374 e. The predicted octanol–water partition coefficient (Wildman–Crippen LogP) is 2.38. The molecule has 1 aromatic carbocycles. The summed E-state index contributed by atoms with van der Waals surface area (Å²) >= 11 is 0. The van der Waals surface area contributed by atoms with E-state index in [0.717, 1.165) is 31.2 Å². The summed E-state index contributed by atoms with van der Waals surface area (Å²) in [5.41, 5.74) is 6.91. The second-order valence-corrected chi connectivity index (χ2v) is 4.77. The Labute approximate surface area is 106 Å². The Morgan fingerprint density at radius 2 is 1.83 bits per heavy atom. The van der Waals surface area contributed by atoms with Gasteiger partial charge in [0, 0.05) is 18.2 Å². The van der Waals surface area contributed by atoms with Crippen molar-refractivity contribution in [1.82, 2.24) is 0 Å². The van der Waals surface area contributed by atoms with Crippen LogP contribution in [-0.2, 0) is 11.3 Å². The van der Waals surface area contributed by atoms with Crippen LogP contribution in [0.5, 0.6) is 0 Å². The lowest BCUT2D eigenvalue weighted by Crippen LogP contribution is -2.30. The Bertz CT molecular complexity index is 397. The lowest BCUT2D eigenvalue weighted by atomic mass is 9.94. The standard InChI is InChI=1S/C13H18N2O3/c14-11-3-7-13(8-4-11)18-9-10-1-5-12(6-2-10)15(16)17/h1-2,5-6,11,13H,3-4,7-9,14H2. The van der Waals surface area contributed by atoms with Gasteiger partial charge in [0.15, 0.2) is 0 Å². The average Bonchev–Trinajstić information content (AvgIpc) is 2.38. The van der Waals surface area contributed by atoms with Crippen LogP contribution >= 0.6 is 0 Å². The molecule has 1 aromatic rings. The van der Waals surface area contributed by atoms with Gasteiger partial charge >= 0.3 is 0 Å². The maximum Gasteiger partial charge on any atom is 0.269 e. The van der Waals surface area contributed by atoms with Crippen LogP contribution in [0.1, 0.15) is 31.2 Å². The van der Waals surface area contributed by atoms with Crippen LogP contribution in [-0.4, -0.2) is 17.1 Å². The number of ether oxygens (including phenoxy) is 1. The second-order valence-electron chi connectivity index (χ2n) is 4.77. The van der Waals surface area contributed by atoms with Crippen LogP contribution < -0.4 is 5.73 Å². The number of hydrogen-bond acceptors (Lipinski definition) is 4. The SMILES string of the molecule is NC1CCC(OCc2ccc([N+](=O)[O-])cc2)CC1. The van der Waals surface area contributed by atoms with Crippen molar-refractivity contribution in [3.63, 3.8) is 0 Å². The van der Waals surface area contributed by atoms with Crippen LogP contribution in [0.4, 0.5) is 5.69 Å². The van der Waals surface area contributed by atoms with Gasteiger partial charge in [-0.1, -0.05) is 0 Å². The minimum atomic E-state index is -0.396. The van der Waals surface area contributed by atoms with E-state index >= 15 is 0 Å². The van der Waals surface area contributed by atoms with Crippen LogP contribution in [0.15, 0.2) is 24.3 Å². The monoisotopic (exact) mass is 250 g/mol. The van der Waals surface area contributed by atoms with Gasteiger partial charge in [-0.05, 0) is 43.4 Å². The highest BCUT2D eigenvalue weighted by Crippen LogP contribution is 2.21. The summed E-state index contributed by atoms with van der Waals surface area (Å²) in [4.78, 5) is 10.1. The lowest BCUT2D eigenvalue weighted by Gasteiger charge is -2.26. The first-order valence-electron chi connectivity index (χ1n) is 6.25. The maximum absolute atomic E-state index is 10.5. The van der Waals surface area contributed by atoms with Gasteiger partial charge in [0.05, 0.1) is 17.6 Å². The third-order valence-corrected chi connectivity index (χ3v) is 3.35. The second kappa shape index (κ2) is 5.93. The Balaban J connectivity index is 1.81. The fourth-order valence-electron chi connectivity index (χ4n) is 2.18. The quantitative estimate of drug-likeness (QED) is 0.657. The highest BCUT2D eigenvalue weighted by Gasteiger charge is 2.18. The molecular formula is C13H18N2O3. The van der Waals surface area contributed by atoms with E-state index in [1.165, 1.54) is 12.1 Å². The number of benzene rings is 1. The van der Waals surface area contributed by atoms with E-state index in [0.29, 0.717) is 12.6 Å². The Kier molecular flexibility index (Phi) is 4.28. The van der Waals surface area contributed by atoms with Crippen molar-refractivity contribution >= 4 is 5.69 Å². The summed E-state index contributed by atoms with van der Waals surface area (Å²) in [7, 11) is 0. The maximum atomic E-state index is 10.5. The third-order valence-electron chi connectivity index (χ3n) is 3.35. The molecule has 0 aromatic heterocycles. The molecule has 0 saturated heterocycles. The number of non-ortho nitro benzene ring substituents is 1. The number of hydrogen-bond donors (Lipinski definition) is 1. The molecule has 0 unspecified atom stereocenters. The van der Waals surface area contributed by atoms with E-state index in [9.17, 15) is 10.1 Å². The first-order chi connectivity index (χ1) is 8.65. The van der Waals surface area contributed by atoms with Crippen LogP contribution in [0.25, 0.3) is 0 Å². The molecule has 5 nitrogen and oxygen atoms in total. The van der Waals surface area contributed by atoms with Crippen molar-refractivity contribution in [3.05, 3.63) is 39.9 Å². The molecule has 0 spiro atoms. The lowest BCUT2D eigenvalue weighted by molar-refractivity contribution is -0.384. The molecule has 0 heterocycles. The average molecular weight is 250 g/mol. The largest absolute Gasteiger partial charge is 0.374 e. The number of nitro groups is 1. The van der Waals surface area contributed by atoms with Crippen molar-refractivity contribution < 1.29 is 9.66 Å². The summed E-state index contributed by atoms with van der Waals surface area (Å²) in [5.74, 6) is 0. The molecule has 0 atom stereocenters. The summed E-state index contributed by atoms with van der Waals surface area (Å²) in [6.07, 6.45) is 4.33. The summed E-state index contributed by atoms with van der Waals surface area (Å²) in [6.45, 7) is 0.512. The molecule has 1 aliphatic carbocycles. The number of nitrogens with two attached hydrogens (primary N) is 1. The van der Waals surface area contributed by atoms with Crippen LogP contribution in [0, 0.1) is 10.1 Å². The van der Waals surface area contributed by atoms with Crippen LogP contribution in [0.2, 0.25) is 0 Å². The van der Waals surface area contributed by atoms with Gasteiger partial charge in [0.1, 0.15) is 0 Å². The molecule has 1 fully saturated rings. The molecule has 0 aliphatic heterocycles. The number of rotatable bonds is 4. The van der Waals surface area contributed by atoms with Gasteiger partial charge in [-0.2, -0.15) is 0 Å². The van der Waals surface area contributed by atoms with E-state index in [1.54, 1.807) is 12.1 Å². The first kappa shape index (κ1) is 13.0. The van der Waals surface area contributed by atoms with Gasteiger partial charge in [-0.3, -0.25) is 10.1 Å². The van der Waals surface area contributed by atoms with Gasteiger partial charge in [-0.25, -0.2) is 0 Å². The number of nitrogens with zero attached hydrogens (tertiary/aromatic N) is 1. The van der Waals surface area contributed by atoms with E-state index in [4.69, 9.17) is 10.5 Å². The highest BCUT2D eigenvalue weighted by molar-refractivity contribution is 5.32. The molecule has 2 rings (SSSR count). The van der Waals surface area contributed by atoms with Crippen molar-refractivity contribution in [2.75, 3.05) is 0 Å². The normalized spacial score (nSPS) is 23.8. The molecule has 0 bridgehead atoms. The molecular weight excluding hydrogens is 232 g/mol. The smallest absolute Gasteiger partial charge is 0.269 e. The Morgan fingerprint density at radius 1 is 1.22 bits per heavy atom. The zero-order valence-corrected chi connectivity index (χ0v) is 10.2. The highest BCUT2D eigenvalue weighted by atomic mass is 16.6. The molecule has 18 heavy (non-hydrogen) atoms. The van der Waals surface area contributed by atoms with Crippen molar-refractivity contribution in [3.8, 4) is 0 Å². The summed E-state index contributed by atoms with van der Waals surface area (Å²) in [5, 5.41) is 10.5. The zero-order valence-electron chi connectivity index (χ0n) is 10.2. The van der Waals surface area contributed by atoms with Gasteiger partial charge in [-0.15, -0.1) is 0 Å². The van der Waals surface area contributed by atoms with Crippen LogP contribution in [0.3, 0.4) is 0 Å². The molecule has 0 radical (unpaired) electrons. The van der Waals surface area contributed by atoms with Gasteiger partial charge in [0.2, 0.25) is 0 Å². The molecule has 1 aliphatic rings. The molecule has 5 heteroatoms. The van der Waals surface area contributed by atoms with Gasteiger partial charge < -0.3 is 10.5 Å².